The van der Waals surface area contributed by atoms with Gasteiger partial charge in [0.05, 0.1) is 0 Å². The molecule has 0 radical (unpaired) electrons. The number of rotatable bonds is 3. The lowest BCUT2D eigenvalue weighted by molar-refractivity contribution is 0.533. The van der Waals surface area contributed by atoms with Crippen molar-refractivity contribution in [2.45, 2.75) is 52.1 Å². The second-order valence-electron chi connectivity index (χ2n) is 4.97. The van der Waals surface area contributed by atoms with Crippen molar-refractivity contribution in [3.63, 3.8) is 0 Å². The maximum atomic E-state index is 6.16. The zero-order valence-electron chi connectivity index (χ0n) is 8.99. The molecule has 0 saturated heterocycles. The molecule has 1 nitrogen and oxygen atoms in total. The fourth-order valence-corrected chi connectivity index (χ4v) is 8.16. The van der Waals surface area contributed by atoms with Gasteiger partial charge in [-0.3, -0.25) is 0 Å². The minimum absolute atomic E-state index is 0.731. The fourth-order valence-electron chi connectivity index (χ4n) is 0.907. The summed E-state index contributed by atoms with van der Waals surface area (Å²) in [6, 6.07) is 0. The molecular weight excluding hydrogens is 168 g/mol. The molecule has 0 rings (SSSR count). The Morgan fingerprint density at radius 1 is 0.909 bits per heavy atom. The van der Waals surface area contributed by atoms with Gasteiger partial charge < -0.3 is 4.12 Å². The first kappa shape index (κ1) is 11.4. The third kappa shape index (κ3) is 4.77. The van der Waals surface area contributed by atoms with Gasteiger partial charge in [0.2, 0.25) is 0 Å². The molecule has 3 heteroatoms. The molecule has 0 amide bonds. The summed E-state index contributed by atoms with van der Waals surface area (Å²) in [6.07, 6.45) is 0. The Balaban J connectivity index is 4.13. The van der Waals surface area contributed by atoms with Crippen LogP contribution in [0.15, 0.2) is 0 Å². The van der Waals surface area contributed by atoms with E-state index < -0.39 is 16.6 Å². The van der Waals surface area contributed by atoms with Crippen molar-refractivity contribution >= 4 is 16.6 Å². The summed E-state index contributed by atoms with van der Waals surface area (Å²) in [5, 5.41) is 0. The predicted molar refractivity (Wildman–Crippen MR) is 57.0 cm³/mol. The molecule has 0 aliphatic carbocycles. The molecule has 0 N–H and O–H groups in total. The van der Waals surface area contributed by atoms with Gasteiger partial charge in [-0.2, -0.15) is 0 Å². The Bertz CT molecular complexity index is 125. The topological polar surface area (TPSA) is 9.23 Å². The first-order valence-corrected chi connectivity index (χ1v) is 10.7. The molecule has 0 bridgehead atoms. The van der Waals surface area contributed by atoms with Crippen molar-refractivity contribution in [1.82, 2.24) is 0 Å². The first-order valence-electron chi connectivity index (χ1n) is 4.35. The van der Waals surface area contributed by atoms with Crippen molar-refractivity contribution in [2.75, 3.05) is 0 Å². The monoisotopic (exact) mass is 190 g/mol. The van der Waals surface area contributed by atoms with Crippen LogP contribution in [-0.2, 0) is 4.12 Å². The zero-order valence-corrected chi connectivity index (χ0v) is 11.0. The van der Waals surface area contributed by atoms with Crippen molar-refractivity contribution in [3.05, 3.63) is 0 Å². The molecule has 0 heterocycles. The molecule has 11 heavy (non-hydrogen) atoms. The van der Waals surface area contributed by atoms with Crippen LogP contribution in [0, 0.1) is 0 Å². The maximum absolute atomic E-state index is 6.16. The Kier molecular flexibility index (Phi) is 3.53. The lowest BCUT2D eigenvalue weighted by Gasteiger charge is -2.34. The lowest BCUT2D eigenvalue weighted by atomic mass is 10.6. The van der Waals surface area contributed by atoms with E-state index in [1.165, 1.54) is 0 Å². The highest BCUT2D eigenvalue weighted by Gasteiger charge is 2.32. The van der Waals surface area contributed by atoms with E-state index in [1.54, 1.807) is 0 Å². The first-order chi connectivity index (χ1) is 4.65. The molecule has 68 valence electrons. The van der Waals surface area contributed by atoms with Gasteiger partial charge in [0.15, 0.2) is 16.6 Å². The van der Waals surface area contributed by atoms with Crippen LogP contribution in [0.3, 0.4) is 0 Å². The summed E-state index contributed by atoms with van der Waals surface area (Å²) >= 11 is 0. The summed E-state index contributed by atoms with van der Waals surface area (Å²) in [5.41, 5.74) is 0.731. The highest BCUT2D eigenvalue weighted by atomic mass is 28.4. The van der Waals surface area contributed by atoms with E-state index in [-0.39, 0.29) is 0 Å². The minimum Gasteiger partial charge on any atom is -0.456 e. The van der Waals surface area contributed by atoms with Gasteiger partial charge in [-0.25, -0.2) is 0 Å². The van der Waals surface area contributed by atoms with Gasteiger partial charge in [0, 0.05) is 0 Å². The molecule has 0 aromatic heterocycles. The van der Waals surface area contributed by atoms with E-state index in [0.717, 1.165) is 5.54 Å². The molecule has 0 aliphatic rings. The Morgan fingerprint density at radius 3 is 1.36 bits per heavy atom. The van der Waals surface area contributed by atoms with Gasteiger partial charge in [-0.05, 0) is 38.3 Å². The SMILES string of the molecule is CC(C)[Si](C)(C)O[Si](C)(C)C. The zero-order chi connectivity index (χ0) is 9.28. The molecule has 0 aromatic carbocycles. The van der Waals surface area contributed by atoms with Gasteiger partial charge in [0.1, 0.15) is 0 Å². The van der Waals surface area contributed by atoms with Crippen LogP contribution in [0.2, 0.25) is 38.3 Å². The van der Waals surface area contributed by atoms with Crippen LogP contribution < -0.4 is 0 Å². The summed E-state index contributed by atoms with van der Waals surface area (Å²) in [4.78, 5) is 0. The molecule has 0 fully saturated rings. The van der Waals surface area contributed by atoms with Gasteiger partial charge >= 0.3 is 0 Å². The second-order valence-corrected chi connectivity index (χ2v) is 14.4. The van der Waals surface area contributed by atoms with Crippen molar-refractivity contribution < 1.29 is 4.12 Å². The predicted octanol–water partition coefficient (Wildman–Crippen LogP) is 3.45. The quantitative estimate of drug-likeness (QED) is 0.619. The molecule has 0 aromatic rings. The third-order valence-corrected chi connectivity index (χ3v) is 9.29. The van der Waals surface area contributed by atoms with Crippen molar-refractivity contribution in [3.8, 4) is 0 Å². The summed E-state index contributed by atoms with van der Waals surface area (Å²) < 4.78 is 6.16. The van der Waals surface area contributed by atoms with E-state index in [2.05, 4.69) is 46.6 Å². The standard InChI is InChI=1S/C8H22OSi2/c1-8(2)11(6,7)9-10(3,4)5/h8H,1-7H3. The largest absolute Gasteiger partial charge is 0.456 e. The summed E-state index contributed by atoms with van der Waals surface area (Å²) in [6.45, 7) is 16.0. The van der Waals surface area contributed by atoms with E-state index in [0.29, 0.717) is 0 Å². The number of hydrogen-bond donors (Lipinski definition) is 0. The summed E-state index contributed by atoms with van der Waals surface area (Å²) in [5.74, 6) is 0. The smallest absolute Gasteiger partial charge is 0.176 e. The van der Waals surface area contributed by atoms with Crippen LogP contribution >= 0.6 is 0 Å². The van der Waals surface area contributed by atoms with E-state index in [1.807, 2.05) is 0 Å². The highest BCUT2D eigenvalue weighted by molar-refractivity contribution is 6.84. The van der Waals surface area contributed by atoms with Crippen molar-refractivity contribution in [2.24, 2.45) is 0 Å². The third-order valence-electron chi connectivity index (χ3n) is 1.96. The second kappa shape index (κ2) is 3.41. The summed E-state index contributed by atoms with van der Waals surface area (Å²) in [7, 11) is -2.65. The maximum Gasteiger partial charge on any atom is 0.176 e. The van der Waals surface area contributed by atoms with Crippen LogP contribution in [-0.4, -0.2) is 16.6 Å². The Morgan fingerprint density at radius 2 is 1.27 bits per heavy atom. The van der Waals surface area contributed by atoms with Crippen LogP contribution in [0.4, 0.5) is 0 Å². The number of hydrogen-bond acceptors (Lipinski definition) is 1. The normalized spacial score (nSPS) is 14.2. The average Bonchev–Trinajstić information content (AvgIpc) is 1.56. The molecule has 0 spiro atoms. The molecule has 0 saturated carbocycles. The Labute approximate surface area is 73.4 Å². The average molecular weight is 190 g/mol. The van der Waals surface area contributed by atoms with Gasteiger partial charge in [-0.1, -0.05) is 13.8 Å². The molecule has 0 atom stereocenters. The van der Waals surface area contributed by atoms with Crippen LogP contribution in [0.5, 0.6) is 0 Å². The van der Waals surface area contributed by atoms with Crippen LogP contribution in [0.1, 0.15) is 13.8 Å². The van der Waals surface area contributed by atoms with E-state index in [4.69, 9.17) is 4.12 Å². The van der Waals surface area contributed by atoms with Gasteiger partial charge in [-0.15, -0.1) is 0 Å². The fraction of sp³-hybridized carbons (Fsp3) is 1.00. The lowest BCUT2D eigenvalue weighted by Crippen LogP contribution is -2.44. The molecule has 0 aliphatic heterocycles. The van der Waals surface area contributed by atoms with E-state index >= 15 is 0 Å². The molecule has 0 unspecified atom stereocenters. The Hall–Kier alpha value is 0.394. The van der Waals surface area contributed by atoms with E-state index in [9.17, 15) is 0 Å². The molecular formula is C8H22OSi2. The van der Waals surface area contributed by atoms with Crippen molar-refractivity contribution in [1.29, 1.82) is 0 Å². The van der Waals surface area contributed by atoms with Gasteiger partial charge in [0.25, 0.3) is 0 Å². The minimum atomic E-state index is -1.35. The highest BCUT2D eigenvalue weighted by Crippen LogP contribution is 2.25. The van der Waals surface area contributed by atoms with Crippen LogP contribution in [0.25, 0.3) is 0 Å².